The lowest BCUT2D eigenvalue weighted by Gasteiger charge is -2.22. The van der Waals surface area contributed by atoms with E-state index in [1.54, 1.807) is 28.1 Å². The monoisotopic (exact) mass is 514 g/mol. The molecule has 0 aliphatic carbocycles. The fourth-order valence-electron chi connectivity index (χ4n) is 3.30. The number of aliphatic imine (C=N–C) groups is 2. The van der Waals surface area contributed by atoms with E-state index in [4.69, 9.17) is 16.2 Å². The average Bonchev–Trinajstić information content (AvgIpc) is 2.83. The molecule has 194 valence electrons. The summed E-state index contributed by atoms with van der Waals surface area (Å²) in [6, 6.07) is 10.7. The van der Waals surface area contributed by atoms with Gasteiger partial charge in [-0.3, -0.25) is 14.4 Å². The van der Waals surface area contributed by atoms with Crippen molar-refractivity contribution in [2.45, 2.75) is 32.7 Å². The van der Waals surface area contributed by atoms with Gasteiger partial charge in [0.1, 0.15) is 11.8 Å². The number of nitrogens with zero attached hydrogens (tertiary/aromatic N) is 3. The first-order chi connectivity index (χ1) is 16.9. The molecular formula is C25H34N6O4S. The number of benzene rings is 2. The van der Waals surface area contributed by atoms with Crippen LogP contribution in [0.1, 0.15) is 32.3 Å². The highest BCUT2D eigenvalue weighted by Gasteiger charge is 2.28. The summed E-state index contributed by atoms with van der Waals surface area (Å²) in [5, 5.41) is 4.58. The number of thioether (sulfide) groups is 1. The Labute approximate surface area is 215 Å². The smallest absolute Gasteiger partial charge is 0.271 e. The minimum Gasteiger partial charge on any atom is -0.497 e. The van der Waals surface area contributed by atoms with Crippen LogP contribution in [0, 0.1) is 5.92 Å². The van der Waals surface area contributed by atoms with Gasteiger partial charge in [0.15, 0.2) is 11.1 Å². The summed E-state index contributed by atoms with van der Waals surface area (Å²) in [5.74, 6) is -1.01. The molecule has 2 rings (SSSR count). The molecule has 0 aliphatic heterocycles. The van der Waals surface area contributed by atoms with Gasteiger partial charge in [0.05, 0.1) is 13.0 Å². The van der Waals surface area contributed by atoms with Crippen LogP contribution in [-0.4, -0.2) is 66.7 Å². The van der Waals surface area contributed by atoms with Crippen molar-refractivity contribution in [1.29, 1.82) is 0 Å². The number of carbonyl (C=O) groups is 3. The summed E-state index contributed by atoms with van der Waals surface area (Å²) in [5.41, 5.74) is 12.3. The first kappa shape index (κ1) is 28.6. The number of nitrogens with one attached hydrogen (secondary N) is 1. The SMILES string of the molecule is COc1ccc2cc(C(C)C(=O)SCC(C)C(NC(C)=O)C(=O)N=C(N)N=C(N)N(C)C)ccc2c1. The predicted octanol–water partition coefficient (Wildman–Crippen LogP) is 2.07. The van der Waals surface area contributed by atoms with Gasteiger partial charge in [0.2, 0.25) is 11.9 Å². The molecule has 0 bridgehead atoms. The van der Waals surface area contributed by atoms with E-state index in [2.05, 4.69) is 15.3 Å². The molecular weight excluding hydrogens is 480 g/mol. The Morgan fingerprint density at radius 1 is 1.06 bits per heavy atom. The summed E-state index contributed by atoms with van der Waals surface area (Å²) in [6.07, 6.45) is 0. The van der Waals surface area contributed by atoms with Crippen LogP contribution in [0.4, 0.5) is 0 Å². The van der Waals surface area contributed by atoms with Crippen LogP contribution in [0.5, 0.6) is 5.75 Å². The minimum atomic E-state index is -0.969. The summed E-state index contributed by atoms with van der Waals surface area (Å²) >= 11 is 1.11. The van der Waals surface area contributed by atoms with Crippen molar-refractivity contribution < 1.29 is 19.1 Å². The van der Waals surface area contributed by atoms with Gasteiger partial charge >= 0.3 is 0 Å². The molecule has 3 unspecified atom stereocenters. The van der Waals surface area contributed by atoms with E-state index in [9.17, 15) is 14.4 Å². The highest BCUT2D eigenvalue weighted by Crippen LogP contribution is 2.28. The molecule has 36 heavy (non-hydrogen) atoms. The summed E-state index contributed by atoms with van der Waals surface area (Å²) in [7, 11) is 4.95. The fraction of sp³-hybridized carbons (Fsp3) is 0.400. The van der Waals surface area contributed by atoms with E-state index < -0.39 is 23.8 Å². The molecule has 2 aromatic rings. The van der Waals surface area contributed by atoms with Crippen molar-refractivity contribution in [2.75, 3.05) is 27.0 Å². The van der Waals surface area contributed by atoms with E-state index in [1.165, 1.54) is 11.8 Å². The average molecular weight is 515 g/mol. The van der Waals surface area contributed by atoms with Gasteiger partial charge in [0, 0.05) is 26.8 Å². The van der Waals surface area contributed by atoms with Crippen molar-refractivity contribution in [1.82, 2.24) is 10.2 Å². The van der Waals surface area contributed by atoms with Crippen molar-refractivity contribution in [3.05, 3.63) is 42.0 Å². The third-order valence-electron chi connectivity index (χ3n) is 5.52. The number of hydrogen-bond donors (Lipinski definition) is 3. The summed E-state index contributed by atoms with van der Waals surface area (Å²) in [4.78, 5) is 46.5. The van der Waals surface area contributed by atoms with Crippen molar-refractivity contribution in [3.8, 4) is 5.75 Å². The normalized spacial score (nSPS) is 14.6. The van der Waals surface area contributed by atoms with Gasteiger partial charge in [-0.05, 0) is 34.4 Å². The second-order valence-electron chi connectivity index (χ2n) is 8.65. The quantitative estimate of drug-likeness (QED) is 0.358. The zero-order valence-corrected chi connectivity index (χ0v) is 22.3. The van der Waals surface area contributed by atoms with Crippen LogP contribution >= 0.6 is 11.8 Å². The van der Waals surface area contributed by atoms with E-state index in [1.807, 2.05) is 43.3 Å². The maximum atomic E-state index is 12.9. The lowest BCUT2D eigenvalue weighted by Crippen LogP contribution is -2.45. The number of carbonyl (C=O) groups excluding carboxylic acids is 3. The van der Waals surface area contributed by atoms with E-state index in [0.29, 0.717) is 5.75 Å². The molecule has 2 aromatic carbocycles. The molecule has 5 N–H and O–H groups in total. The zero-order valence-electron chi connectivity index (χ0n) is 21.4. The summed E-state index contributed by atoms with van der Waals surface area (Å²) < 4.78 is 5.26. The molecule has 0 saturated heterocycles. The topological polar surface area (TPSA) is 152 Å². The molecule has 0 heterocycles. The van der Waals surface area contributed by atoms with Gasteiger partial charge in [-0.2, -0.15) is 9.98 Å². The molecule has 0 spiro atoms. The number of nitrogens with two attached hydrogens (primary N) is 2. The molecule has 0 aromatic heterocycles. The number of guanidine groups is 2. The Kier molecular flexibility index (Phi) is 10.3. The molecule has 0 radical (unpaired) electrons. The van der Waals surface area contributed by atoms with Crippen molar-refractivity contribution in [3.63, 3.8) is 0 Å². The number of fused-ring (bicyclic) bond motifs is 1. The number of amides is 2. The van der Waals surface area contributed by atoms with Gasteiger partial charge in [-0.15, -0.1) is 0 Å². The Morgan fingerprint density at radius 2 is 1.69 bits per heavy atom. The lowest BCUT2D eigenvalue weighted by atomic mass is 9.98. The Morgan fingerprint density at radius 3 is 2.31 bits per heavy atom. The second-order valence-corrected chi connectivity index (χ2v) is 9.68. The molecule has 10 nitrogen and oxygen atoms in total. The lowest BCUT2D eigenvalue weighted by molar-refractivity contribution is -0.127. The highest BCUT2D eigenvalue weighted by atomic mass is 32.2. The van der Waals surface area contributed by atoms with E-state index >= 15 is 0 Å². The van der Waals surface area contributed by atoms with Crippen LogP contribution < -0.4 is 21.5 Å². The molecule has 11 heteroatoms. The van der Waals surface area contributed by atoms with Gasteiger partial charge in [-0.1, -0.05) is 49.9 Å². The fourth-order valence-corrected chi connectivity index (χ4v) is 4.31. The van der Waals surface area contributed by atoms with Crippen LogP contribution in [0.2, 0.25) is 0 Å². The Bertz CT molecular complexity index is 1180. The minimum absolute atomic E-state index is 0.0462. The molecule has 3 atom stereocenters. The van der Waals surface area contributed by atoms with Crippen LogP contribution in [0.25, 0.3) is 10.8 Å². The van der Waals surface area contributed by atoms with E-state index in [-0.39, 0.29) is 23.0 Å². The Hall–Kier alpha value is -3.60. The Balaban J connectivity index is 2.10. The van der Waals surface area contributed by atoms with E-state index in [0.717, 1.165) is 33.8 Å². The third-order valence-corrected chi connectivity index (χ3v) is 6.85. The largest absolute Gasteiger partial charge is 0.497 e. The van der Waals surface area contributed by atoms with Crippen molar-refractivity contribution >= 4 is 51.4 Å². The van der Waals surface area contributed by atoms with Crippen LogP contribution in [-0.2, 0) is 14.4 Å². The maximum absolute atomic E-state index is 12.9. The van der Waals surface area contributed by atoms with Gasteiger partial charge < -0.3 is 26.4 Å². The maximum Gasteiger partial charge on any atom is 0.271 e. The molecule has 2 amide bonds. The zero-order chi connectivity index (χ0) is 27.0. The number of rotatable bonds is 8. The van der Waals surface area contributed by atoms with Crippen LogP contribution in [0.3, 0.4) is 0 Å². The third kappa shape index (κ3) is 7.98. The number of methoxy groups -OCH3 is 1. The molecule has 0 aliphatic rings. The predicted molar refractivity (Wildman–Crippen MR) is 145 cm³/mol. The first-order valence-corrected chi connectivity index (χ1v) is 12.3. The highest BCUT2D eigenvalue weighted by molar-refractivity contribution is 8.13. The van der Waals surface area contributed by atoms with Crippen molar-refractivity contribution in [2.24, 2.45) is 27.4 Å². The number of hydrogen-bond acceptors (Lipinski definition) is 5. The first-order valence-electron chi connectivity index (χ1n) is 11.3. The molecule has 0 saturated carbocycles. The standard InChI is InChI=1S/C25H34N6O4S/c1-14(21(28-16(3)32)22(33)29-24(26)30-25(27)31(4)5)13-36-23(34)15(2)17-7-8-19-12-20(35-6)10-9-18(19)11-17/h7-12,14-15,21H,13H2,1-6H3,(H,28,32)(H4,26,27,29,30,33). The summed E-state index contributed by atoms with van der Waals surface area (Å²) in [6.45, 7) is 4.91. The second kappa shape index (κ2) is 12.9. The van der Waals surface area contributed by atoms with Gasteiger partial charge in [0.25, 0.3) is 5.91 Å². The van der Waals surface area contributed by atoms with Crippen LogP contribution in [0.15, 0.2) is 46.4 Å². The van der Waals surface area contributed by atoms with Gasteiger partial charge in [-0.25, -0.2) is 0 Å². The number of ether oxygens (including phenoxy) is 1. The molecule has 0 fully saturated rings.